The highest BCUT2D eigenvalue weighted by atomic mass is 19.3. The van der Waals surface area contributed by atoms with Crippen LogP contribution in [0.3, 0.4) is 0 Å². The largest absolute Gasteiger partial charge is 0.491 e. The summed E-state index contributed by atoms with van der Waals surface area (Å²) in [6, 6.07) is 22.1. The molecule has 5 N–H and O–H groups in total. The second kappa shape index (κ2) is 11.9. The third-order valence-electron chi connectivity index (χ3n) is 8.92. The van der Waals surface area contributed by atoms with Crippen LogP contribution in [0.5, 0.6) is 5.75 Å². The van der Waals surface area contributed by atoms with Gasteiger partial charge < -0.3 is 35.2 Å². The highest BCUT2D eigenvalue weighted by Gasteiger charge is 2.64. The number of benzene rings is 3. The second-order valence-corrected chi connectivity index (χ2v) is 11.9. The zero-order chi connectivity index (χ0) is 32.9. The van der Waals surface area contributed by atoms with Gasteiger partial charge in [-0.3, -0.25) is 4.57 Å². The summed E-state index contributed by atoms with van der Waals surface area (Å²) in [6.45, 7) is 1.67. The Hall–Kier alpha value is -4.53. The first-order chi connectivity index (χ1) is 22.6. The summed E-state index contributed by atoms with van der Waals surface area (Å²) >= 11 is 0. The van der Waals surface area contributed by atoms with E-state index in [9.17, 15) is 20.4 Å². The van der Waals surface area contributed by atoms with Crippen molar-refractivity contribution in [3.63, 3.8) is 0 Å². The summed E-state index contributed by atoms with van der Waals surface area (Å²) in [5, 5.41) is 46.3. The number of nitrogens with one attached hydrogen (secondary N) is 1. The van der Waals surface area contributed by atoms with Gasteiger partial charge in [0.1, 0.15) is 42.3 Å². The standard InChI is InChI=1S/C34H33F2N5O6/c1-19-26-30(40-32(38-19)39-21-9-3-2-4-10-21)41(18-37-26)31-28(43)27(42)25(47-31)17-46-22-11-7-8-20(16-22)14-15-33(45)24-13-6-5-12-23(24)29(44)34(33,35)36/h2-13,16,18,25,27-29,31,42-45H,14-15,17H2,1H3,(H,38,39,40)/t25-,27-,28-,29+,31-,33+/m1/s1. The average Bonchev–Trinajstić information content (AvgIpc) is 3.66. The van der Waals surface area contributed by atoms with Gasteiger partial charge in [-0.2, -0.15) is 13.8 Å². The molecule has 0 bridgehead atoms. The van der Waals surface area contributed by atoms with Crippen LogP contribution in [-0.2, 0) is 16.8 Å². The Morgan fingerprint density at radius 3 is 2.53 bits per heavy atom. The molecule has 3 heterocycles. The Morgan fingerprint density at radius 2 is 1.72 bits per heavy atom. The molecule has 2 aliphatic rings. The molecule has 0 amide bonds. The number of hydrogen-bond acceptors (Lipinski definition) is 10. The predicted molar refractivity (Wildman–Crippen MR) is 166 cm³/mol. The van der Waals surface area contributed by atoms with Gasteiger partial charge in [-0.25, -0.2) is 9.97 Å². The van der Waals surface area contributed by atoms with E-state index in [0.717, 1.165) is 5.69 Å². The quantitative estimate of drug-likeness (QED) is 0.158. The minimum Gasteiger partial charge on any atom is -0.491 e. The maximum Gasteiger partial charge on any atom is 0.309 e. The fourth-order valence-corrected chi connectivity index (χ4v) is 6.36. The molecule has 1 aliphatic heterocycles. The number of imidazole rings is 1. The van der Waals surface area contributed by atoms with Crippen LogP contribution < -0.4 is 10.1 Å². The van der Waals surface area contributed by atoms with Gasteiger partial charge in [0.05, 0.1) is 12.0 Å². The van der Waals surface area contributed by atoms with E-state index in [-0.39, 0.29) is 30.6 Å². The van der Waals surface area contributed by atoms with Crippen molar-refractivity contribution in [1.29, 1.82) is 0 Å². The number of aryl methyl sites for hydroxylation is 2. The molecule has 13 heteroatoms. The van der Waals surface area contributed by atoms with E-state index in [1.165, 1.54) is 18.5 Å². The van der Waals surface area contributed by atoms with Crippen molar-refractivity contribution in [2.24, 2.45) is 0 Å². The lowest BCUT2D eigenvalue weighted by atomic mass is 9.86. The number of halogens is 2. The number of ether oxygens (including phenoxy) is 2. The lowest BCUT2D eigenvalue weighted by Gasteiger charge is -2.32. The van der Waals surface area contributed by atoms with Gasteiger partial charge >= 0.3 is 5.92 Å². The molecule has 0 saturated carbocycles. The number of fused-ring (bicyclic) bond motifs is 2. The number of alkyl halides is 2. The fourth-order valence-electron chi connectivity index (χ4n) is 6.36. The van der Waals surface area contributed by atoms with Crippen molar-refractivity contribution in [2.45, 2.75) is 61.9 Å². The van der Waals surface area contributed by atoms with E-state index in [1.54, 1.807) is 47.9 Å². The third-order valence-corrected chi connectivity index (χ3v) is 8.92. The molecule has 1 aliphatic carbocycles. The van der Waals surface area contributed by atoms with Crippen LogP contribution in [-0.4, -0.2) is 70.8 Å². The van der Waals surface area contributed by atoms with Gasteiger partial charge in [0.25, 0.3) is 0 Å². The second-order valence-electron chi connectivity index (χ2n) is 11.9. The maximum absolute atomic E-state index is 15.1. The predicted octanol–water partition coefficient (Wildman–Crippen LogP) is 4.08. The van der Waals surface area contributed by atoms with Crippen LogP contribution in [0, 0.1) is 6.92 Å². The molecule has 1 fully saturated rings. The molecule has 3 aromatic carbocycles. The Balaban J connectivity index is 1.03. The highest BCUT2D eigenvalue weighted by Crippen LogP contribution is 2.56. The van der Waals surface area contributed by atoms with Crippen molar-refractivity contribution in [3.8, 4) is 5.75 Å². The van der Waals surface area contributed by atoms with Gasteiger partial charge in [-0.1, -0.05) is 54.6 Å². The molecule has 0 unspecified atom stereocenters. The highest BCUT2D eigenvalue weighted by molar-refractivity contribution is 5.75. The minimum absolute atomic E-state index is 0.0151. The van der Waals surface area contributed by atoms with Gasteiger partial charge in [-0.05, 0) is 60.7 Å². The number of hydrogen-bond donors (Lipinski definition) is 5. The monoisotopic (exact) mass is 645 g/mol. The number of anilines is 2. The number of nitrogens with zero attached hydrogens (tertiary/aromatic N) is 4. The lowest BCUT2D eigenvalue weighted by molar-refractivity contribution is -0.226. The topological polar surface area (TPSA) is 155 Å². The van der Waals surface area contributed by atoms with Crippen molar-refractivity contribution < 1.29 is 38.7 Å². The summed E-state index contributed by atoms with van der Waals surface area (Å²) in [5.41, 5.74) is 0.453. The van der Waals surface area contributed by atoms with Crippen LogP contribution >= 0.6 is 0 Å². The molecule has 47 heavy (non-hydrogen) atoms. The van der Waals surface area contributed by atoms with Crippen LogP contribution in [0.15, 0.2) is 85.2 Å². The Bertz CT molecular complexity index is 1910. The molecule has 11 nitrogen and oxygen atoms in total. The van der Waals surface area contributed by atoms with Crippen LogP contribution in [0.25, 0.3) is 11.2 Å². The van der Waals surface area contributed by atoms with Crippen molar-refractivity contribution >= 4 is 22.8 Å². The normalized spacial score (nSPS) is 26.4. The summed E-state index contributed by atoms with van der Waals surface area (Å²) < 4.78 is 43.7. The number of rotatable bonds is 9. The minimum atomic E-state index is -3.76. The summed E-state index contributed by atoms with van der Waals surface area (Å²) in [7, 11) is 0. The lowest BCUT2D eigenvalue weighted by Crippen LogP contribution is -2.44. The summed E-state index contributed by atoms with van der Waals surface area (Å²) in [4.78, 5) is 13.5. The molecular weight excluding hydrogens is 612 g/mol. The molecule has 5 aromatic rings. The Kier molecular flexibility index (Phi) is 7.89. The van der Waals surface area contributed by atoms with Crippen LogP contribution in [0.4, 0.5) is 20.4 Å². The van der Waals surface area contributed by atoms with Crippen LogP contribution in [0.1, 0.15) is 41.1 Å². The maximum atomic E-state index is 15.1. The van der Waals surface area contributed by atoms with Gasteiger partial charge in [0, 0.05) is 5.69 Å². The number of para-hydroxylation sites is 1. The van der Waals surface area contributed by atoms with E-state index < -0.39 is 42.2 Å². The van der Waals surface area contributed by atoms with E-state index in [2.05, 4.69) is 20.3 Å². The first-order valence-corrected chi connectivity index (χ1v) is 15.2. The Morgan fingerprint density at radius 1 is 0.957 bits per heavy atom. The zero-order valence-electron chi connectivity index (χ0n) is 25.2. The molecule has 1 saturated heterocycles. The molecule has 6 atom stereocenters. The molecule has 2 aromatic heterocycles. The molecule has 0 radical (unpaired) electrons. The van der Waals surface area contributed by atoms with Gasteiger partial charge in [0.15, 0.2) is 17.5 Å². The summed E-state index contributed by atoms with van der Waals surface area (Å²) in [6.07, 6.45) is -5.43. The number of aliphatic hydroxyl groups is 4. The van der Waals surface area contributed by atoms with Crippen molar-refractivity contribution in [1.82, 2.24) is 19.5 Å². The fraction of sp³-hybridized carbons (Fsp3) is 0.324. The number of aromatic nitrogens is 4. The van der Waals surface area contributed by atoms with Crippen LogP contribution in [0.2, 0.25) is 0 Å². The van der Waals surface area contributed by atoms with Gasteiger partial charge in [-0.15, -0.1) is 0 Å². The van der Waals surface area contributed by atoms with Crippen molar-refractivity contribution in [2.75, 3.05) is 11.9 Å². The van der Waals surface area contributed by atoms with E-state index in [4.69, 9.17) is 9.47 Å². The molecular formula is C34H33F2N5O6. The van der Waals surface area contributed by atoms with E-state index in [1.807, 2.05) is 30.3 Å². The smallest absolute Gasteiger partial charge is 0.309 e. The molecule has 7 rings (SSSR count). The van der Waals surface area contributed by atoms with Gasteiger partial charge in [0.2, 0.25) is 5.95 Å². The Labute approximate surface area is 268 Å². The molecule has 244 valence electrons. The third kappa shape index (κ3) is 5.39. The molecule has 0 spiro atoms. The zero-order valence-corrected chi connectivity index (χ0v) is 25.2. The van der Waals surface area contributed by atoms with E-state index in [0.29, 0.717) is 34.1 Å². The summed E-state index contributed by atoms with van der Waals surface area (Å²) in [5.74, 6) is -3.04. The first kappa shape index (κ1) is 31.1. The average molecular weight is 646 g/mol. The first-order valence-electron chi connectivity index (χ1n) is 15.2. The SMILES string of the molecule is Cc1nc(Nc2ccccc2)nc2c1ncn2[C@@H]1O[C@H](COc2cccc(CC[C@]3(O)c4ccccc4[C@H](O)C3(F)F)c2)[C@@H](O)[C@H]1O. The van der Waals surface area contributed by atoms with Crippen molar-refractivity contribution in [3.05, 3.63) is 108 Å². The van der Waals surface area contributed by atoms with E-state index >= 15 is 8.78 Å². The number of aliphatic hydroxyl groups excluding tert-OH is 3.